The van der Waals surface area contributed by atoms with Gasteiger partial charge in [-0.1, -0.05) is 65.7 Å². The Balaban J connectivity index is 2.16. The van der Waals surface area contributed by atoms with Gasteiger partial charge in [-0.3, -0.25) is 0 Å². The second-order valence-electron chi connectivity index (χ2n) is 8.24. The molecular formula is C25H40O2. The van der Waals surface area contributed by atoms with Crippen LogP contribution in [0, 0.1) is 0 Å². The van der Waals surface area contributed by atoms with Crippen molar-refractivity contribution in [3.05, 3.63) is 47.3 Å². The molecule has 0 saturated carbocycles. The molecular weight excluding hydrogens is 332 g/mol. The minimum Gasteiger partial charge on any atom is -0.465 e. The summed E-state index contributed by atoms with van der Waals surface area (Å²) < 4.78 is 12.7. The van der Waals surface area contributed by atoms with Gasteiger partial charge in [-0.25, -0.2) is 0 Å². The lowest BCUT2D eigenvalue weighted by Crippen LogP contribution is -2.22. The molecule has 0 radical (unpaired) electrons. The molecule has 2 heterocycles. The van der Waals surface area contributed by atoms with Crippen LogP contribution in [0.3, 0.4) is 0 Å². The fraction of sp³-hybridized carbons (Fsp3) is 0.680. The van der Waals surface area contributed by atoms with E-state index in [4.69, 9.17) is 8.83 Å². The topological polar surface area (TPSA) is 26.3 Å². The van der Waals surface area contributed by atoms with E-state index in [-0.39, 0.29) is 5.41 Å². The third-order valence-corrected chi connectivity index (χ3v) is 5.74. The minimum atomic E-state index is -0.165. The van der Waals surface area contributed by atoms with Crippen molar-refractivity contribution in [2.24, 2.45) is 0 Å². The monoisotopic (exact) mass is 372 g/mol. The van der Waals surface area contributed by atoms with Gasteiger partial charge in [-0.05, 0) is 50.5 Å². The first kappa shape index (κ1) is 21.9. The number of aryl methyl sites for hydroxylation is 2. The van der Waals surface area contributed by atoms with Crippen LogP contribution in [0.4, 0.5) is 0 Å². The molecule has 0 bridgehead atoms. The summed E-state index contributed by atoms with van der Waals surface area (Å²) in [4.78, 5) is 0. The average Bonchev–Trinajstić information content (AvgIpc) is 3.32. The minimum absolute atomic E-state index is 0.165. The molecule has 0 unspecified atom stereocenters. The van der Waals surface area contributed by atoms with Crippen LogP contribution in [-0.2, 0) is 18.3 Å². The molecule has 0 N–H and O–H groups in total. The first-order valence-corrected chi connectivity index (χ1v) is 11.3. The Morgan fingerprint density at radius 3 is 1.52 bits per heavy atom. The lowest BCUT2D eigenvalue weighted by molar-refractivity contribution is 0.303. The van der Waals surface area contributed by atoms with Gasteiger partial charge in [0.25, 0.3) is 0 Å². The first-order chi connectivity index (χ1) is 13.1. The highest BCUT2D eigenvalue weighted by molar-refractivity contribution is 5.29. The molecule has 2 heteroatoms. The molecule has 2 rings (SSSR count). The van der Waals surface area contributed by atoms with Crippen molar-refractivity contribution >= 4 is 0 Å². The van der Waals surface area contributed by atoms with Crippen LogP contribution in [0.15, 0.2) is 33.1 Å². The molecule has 0 aliphatic rings. The van der Waals surface area contributed by atoms with Crippen LogP contribution in [0.2, 0.25) is 0 Å². The zero-order valence-corrected chi connectivity index (χ0v) is 18.1. The Labute approximate surface area is 166 Å². The van der Waals surface area contributed by atoms with E-state index in [0.29, 0.717) is 0 Å². The highest BCUT2D eigenvalue weighted by atomic mass is 16.4. The normalized spacial score (nSPS) is 12.0. The van der Waals surface area contributed by atoms with E-state index < -0.39 is 0 Å². The maximum absolute atomic E-state index is 6.33. The second-order valence-corrected chi connectivity index (χ2v) is 8.24. The summed E-state index contributed by atoms with van der Waals surface area (Å²) in [6.07, 6.45) is 14.3. The van der Waals surface area contributed by atoms with E-state index in [1.807, 2.05) is 0 Å². The summed E-state index contributed by atoms with van der Waals surface area (Å²) >= 11 is 0. The molecule has 152 valence electrons. The average molecular weight is 373 g/mol. The standard InChI is InChI=1S/C25H40O2/c1-5-8-11-14-21-16-18-23(26-21)25(4,20-13-10-7-3)24-19-17-22(27-24)15-12-9-6-2/h16-19H,5-15,20H2,1-4H3. The molecule has 0 atom stereocenters. The van der Waals surface area contributed by atoms with E-state index in [2.05, 4.69) is 52.0 Å². The zero-order valence-electron chi connectivity index (χ0n) is 18.1. The summed E-state index contributed by atoms with van der Waals surface area (Å²) in [5.74, 6) is 4.38. The molecule has 0 aliphatic heterocycles. The lowest BCUT2D eigenvalue weighted by atomic mass is 9.80. The molecule has 2 nitrogen and oxygen atoms in total. The van der Waals surface area contributed by atoms with Crippen molar-refractivity contribution in [1.29, 1.82) is 0 Å². The molecule has 0 fully saturated rings. The van der Waals surface area contributed by atoms with E-state index in [1.54, 1.807) is 0 Å². The van der Waals surface area contributed by atoms with Crippen LogP contribution in [0.1, 0.15) is 115 Å². The van der Waals surface area contributed by atoms with Gasteiger partial charge in [0.2, 0.25) is 0 Å². The third-order valence-electron chi connectivity index (χ3n) is 5.74. The Morgan fingerprint density at radius 1 is 0.630 bits per heavy atom. The van der Waals surface area contributed by atoms with Crippen LogP contribution in [0.5, 0.6) is 0 Å². The maximum atomic E-state index is 6.33. The summed E-state index contributed by atoms with van der Waals surface area (Å²) in [5, 5.41) is 0. The Hall–Kier alpha value is -1.44. The molecule has 0 spiro atoms. The van der Waals surface area contributed by atoms with E-state index in [9.17, 15) is 0 Å². The van der Waals surface area contributed by atoms with Crippen molar-refractivity contribution in [1.82, 2.24) is 0 Å². The predicted molar refractivity (Wildman–Crippen MR) is 114 cm³/mol. The fourth-order valence-corrected chi connectivity index (χ4v) is 3.81. The molecule has 0 amide bonds. The molecule has 2 aromatic heterocycles. The largest absolute Gasteiger partial charge is 0.465 e. The van der Waals surface area contributed by atoms with Crippen molar-refractivity contribution in [2.45, 2.75) is 110 Å². The SMILES string of the molecule is CCCCCc1ccc(C(C)(CCCCC)c2ccc(CCCCC)o2)o1. The summed E-state index contributed by atoms with van der Waals surface area (Å²) in [5.41, 5.74) is -0.165. The van der Waals surface area contributed by atoms with Crippen LogP contribution >= 0.6 is 0 Å². The molecule has 0 aromatic carbocycles. The maximum Gasteiger partial charge on any atom is 0.117 e. The van der Waals surface area contributed by atoms with Gasteiger partial charge >= 0.3 is 0 Å². The third kappa shape index (κ3) is 6.30. The van der Waals surface area contributed by atoms with Gasteiger partial charge in [0.15, 0.2) is 0 Å². The Kier molecular flexibility index (Phi) is 9.24. The summed E-state index contributed by atoms with van der Waals surface area (Å²) in [6.45, 7) is 9.04. The summed E-state index contributed by atoms with van der Waals surface area (Å²) in [7, 11) is 0. The Bertz CT molecular complexity index is 586. The zero-order chi connectivity index (χ0) is 19.5. The smallest absolute Gasteiger partial charge is 0.117 e. The van der Waals surface area contributed by atoms with Crippen LogP contribution in [-0.4, -0.2) is 0 Å². The number of rotatable bonds is 14. The molecule has 27 heavy (non-hydrogen) atoms. The quantitative estimate of drug-likeness (QED) is 0.312. The molecule has 2 aromatic rings. The van der Waals surface area contributed by atoms with Crippen LogP contribution < -0.4 is 0 Å². The number of furan rings is 2. The molecule has 0 aliphatic carbocycles. The Morgan fingerprint density at radius 2 is 1.07 bits per heavy atom. The van der Waals surface area contributed by atoms with E-state index >= 15 is 0 Å². The van der Waals surface area contributed by atoms with Gasteiger partial charge in [0.05, 0.1) is 5.41 Å². The predicted octanol–water partition coefficient (Wildman–Crippen LogP) is 8.22. The second kappa shape index (κ2) is 11.4. The fourth-order valence-electron chi connectivity index (χ4n) is 3.81. The highest BCUT2D eigenvalue weighted by Crippen LogP contribution is 2.39. The summed E-state index contributed by atoms with van der Waals surface area (Å²) in [6, 6.07) is 8.72. The van der Waals surface area contributed by atoms with Crippen molar-refractivity contribution in [3.8, 4) is 0 Å². The van der Waals surface area contributed by atoms with Crippen LogP contribution in [0.25, 0.3) is 0 Å². The first-order valence-electron chi connectivity index (χ1n) is 11.3. The van der Waals surface area contributed by atoms with E-state index in [1.165, 1.54) is 57.8 Å². The van der Waals surface area contributed by atoms with Crippen molar-refractivity contribution in [2.75, 3.05) is 0 Å². The van der Waals surface area contributed by atoms with Crippen molar-refractivity contribution < 1.29 is 8.83 Å². The van der Waals surface area contributed by atoms with Gasteiger partial charge in [0, 0.05) is 12.8 Å². The van der Waals surface area contributed by atoms with Gasteiger partial charge in [-0.15, -0.1) is 0 Å². The number of hydrogen-bond donors (Lipinski definition) is 0. The van der Waals surface area contributed by atoms with E-state index in [0.717, 1.165) is 42.3 Å². The molecule has 0 saturated heterocycles. The van der Waals surface area contributed by atoms with Gasteiger partial charge in [-0.2, -0.15) is 0 Å². The number of hydrogen-bond acceptors (Lipinski definition) is 2. The lowest BCUT2D eigenvalue weighted by Gasteiger charge is -2.25. The highest BCUT2D eigenvalue weighted by Gasteiger charge is 2.35. The number of unbranched alkanes of at least 4 members (excludes halogenated alkanes) is 6. The van der Waals surface area contributed by atoms with Gasteiger partial charge < -0.3 is 8.83 Å². The van der Waals surface area contributed by atoms with Crippen molar-refractivity contribution in [3.63, 3.8) is 0 Å². The van der Waals surface area contributed by atoms with Gasteiger partial charge in [0.1, 0.15) is 23.0 Å².